The van der Waals surface area contributed by atoms with Crippen LogP contribution >= 0.6 is 0 Å². The van der Waals surface area contributed by atoms with E-state index >= 15 is 0 Å². The van der Waals surface area contributed by atoms with Crippen molar-refractivity contribution in [1.29, 1.82) is 0 Å². The second-order valence-electron chi connectivity index (χ2n) is 5.80. The number of hydrogen-bond donors (Lipinski definition) is 2. The maximum absolute atomic E-state index is 5.90. The van der Waals surface area contributed by atoms with Gasteiger partial charge in [-0.1, -0.05) is 0 Å². The van der Waals surface area contributed by atoms with Gasteiger partial charge in [-0.2, -0.15) is 9.97 Å². The monoisotopic (exact) mass is 340 g/mol. The van der Waals surface area contributed by atoms with Crippen molar-refractivity contribution in [2.45, 2.75) is 26.0 Å². The smallest absolute Gasteiger partial charge is 0.224 e. The molecule has 0 radical (unpaired) electrons. The van der Waals surface area contributed by atoms with Crippen LogP contribution in [-0.4, -0.2) is 32.7 Å². The van der Waals surface area contributed by atoms with Crippen LogP contribution in [0.15, 0.2) is 30.6 Å². The normalized spacial score (nSPS) is 17.1. The average molecular weight is 340 g/mol. The summed E-state index contributed by atoms with van der Waals surface area (Å²) in [7, 11) is 0. The lowest BCUT2D eigenvalue weighted by molar-refractivity contribution is 0.0593. The maximum atomic E-state index is 5.90. The molecule has 130 valence electrons. The van der Waals surface area contributed by atoms with E-state index < -0.39 is 0 Å². The second-order valence-corrected chi connectivity index (χ2v) is 5.80. The zero-order valence-corrected chi connectivity index (χ0v) is 14.0. The predicted octanol–water partition coefficient (Wildman–Crippen LogP) is 2.86. The van der Waals surface area contributed by atoms with Crippen molar-refractivity contribution < 1.29 is 9.47 Å². The molecule has 25 heavy (non-hydrogen) atoms. The number of aromatic nitrogens is 4. The molecular weight excluding hydrogens is 320 g/mol. The summed E-state index contributed by atoms with van der Waals surface area (Å²) in [6.45, 7) is 3.34. The van der Waals surface area contributed by atoms with Crippen LogP contribution in [0.4, 0.5) is 17.5 Å². The van der Waals surface area contributed by atoms with Crippen molar-refractivity contribution in [1.82, 2.24) is 19.5 Å². The van der Waals surface area contributed by atoms with Gasteiger partial charge >= 0.3 is 0 Å². The van der Waals surface area contributed by atoms with Crippen molar-refractivity contribution >= 4 is 28.6 Å². The van der Waals surface area contributed by atoms with Gasteiger partial charge in [0.05, 0.1) is 12.9 Å². The third-order valence-electron chi connectivity index (χ3n) is 4.08. The Bertz CT molecular complexity index is 871. The van der Waals surface area contributed by atoms with Crippen LogP contribution in [0.2, 0.25) is 0 Å². The molecule has 3 heterocycles. The van der Waals surface area contributed by atoms with Gasteiger partial charge in [-0.05, 0) is 44.0 Å². The van der Waals surface area contributed by atoms with E-state index in [-0.39, 0.29) is 12.2 Å². The van der Waals surface area contributed by atoms with Crippen LogP contribution in [0.5, 0.6) is 5.75 Å². The van der Waals surface area contributed by atoms with E-state index in [2.05, 4.69) is 20.3 Å². The molecule has 1 fully saturated rings. The molecule has 4 rings (SSSR count). The molecule has 0 amide bonds. The summed E-state index contributed by atoms with van der Waals surface area (Å²) in [5.74, 6) is 1.59. The Hall–Kier alpha value is -2.87. The van der Waals surface area contributed by atoms with E-state index in [4.69, 9.17) is 15.2 Å². The molecule has 1 atom stereocenters. The highest BCUT2D eigenvalue weighted by atomic mass is 16.5. The molecule has 0 spiro atoms. The molecule has 1 aliphatic heterocycles. The van der Waals surface area contributed by atoms with Crippen LogP contribution in [0.3, 0.4) is 0 Å². The summed E-state index contributed by atoms with van der Waals surface area (Å²) in [4.78, 5) is 13.1. The molecule has 3 N–H and O–H groups in total. The first-order valence-corrected chi connectivity index (χ1v) is 8.36. The molecule has 0 saturated carbocycles. The highest BCUT2D eigenvalue weighted by Gasteiger charge is 2.22. The van der Waals surface area contributed by atoms with Crippen molar-refractivity contribution in [3.8, 4) is 5.75 Å². The summed E-state index contributed by atoms with van der Waals surface area (Å²) in [6.07, 6.45) is 3.66. The summed E-state index contributed by atoms with van der Waals surface area (Å²) >= 11 is 0. The summed E-state index contributed by atoms with van der Waals surface area (Å²) in [6, 6.07) is 7.65. The van der Waals surface area contributed by atoms with Gasteiger partial charge in [-0.25, -0.2) is 4.98 Å². The summed E-state index contributed by atoms with van der Waals surface area (Å²) in [5.41, 5.74) is 8.11. The quantitative estimate of drug-likeness (QED) is 0.736. The fraction of sp³-hybridized carbons (Fsp3) is 0.353. The highest BCUT2D eigenvalue weighted by molar-refractivity contribution is 5.86. The number of benzene rings is 1. The van der Waals surface area contributed by atoms with Crippen molar-refractivity contribution in [3.63, 3.8) is 0 Å². The SMILES string of the molecule is CCOc1ccc(Nc2nc(N)nc3c2ncn3C2CCCO2)cc1. The van der Waals surface area contributed by atoms with Crippen molar-refractivity contribution in [2.24, 2.45) is 0 Å². The van der Waals surface area contributed by atoms with Crippen molar-refractivity contribution in [2.75, 3.05) is 24.3 Å². The number of anilines is 3. The van der Waals surface area contributed by atoms with E-state index in [1.807, 2.05) is 35.8 Å². The van der Waals surface area contributed by atoms with E-state index in [0.29, 0.717) is 23.6 Å². The summed E-state index contributed by atoms with van der Waals surface area (Å²) < 4.78 is 13.1. The fourth-order valence-electron chi connectivity index (χ4n) is 2.95. The average Bonchev–Trinajstić information content (AvgIpc) is 3.26. The number of nitrogens with one attached hydrogen (secondary N) is 1. The van der Waals surface area contributed by atoms with Crippen LogP contribution in [-0.2, 0) is 4.74 Å². The van der Waals surface area contributed by atoms with Crippen LogP contribution < -0.4 is 15.8 Å². The third kappa shape index (κ3) is 3.08. The first-order valence-electron chi connectivity index (χ1n) is 8.36. The number of nitrogens with two attached hydrogens (primary N) is 1. The van der Waals surface area contributed by atoms with Gasteiger partial charge < -0.3 is 20.5 Å². The Morgan fingerprint density at radius 2 is 2.16 bits per heavy atom. The summed E-state index contributed by atoms with van der Waals surface area (Å²) in [5, 5.41) is 3.26. The maximum Gasteiger partial charge on any atom is 0.224 e. The number of ether oxygens (including phenoxy) is 2. The molecular formula is C17H20N6O2. The molecule has 3 aromatic rings. The number of imidazole rings is 1. The van der Waals surface area contributed by atoms with Crippen LogP contribution in [0.1, 0.15) is 26.0 Å². The highest BCUT2D eigenvalue weighted by Crippen LogP contribution is 2.30. The largest absolute Gasteiger partial charge is 0.494 e. The van der Waals surface area contributed by atoms with Gasteiger partial charge in [0, 0.05) is 12.3 Å². The number of fused-ring (bicyclic) bond motifs is 1. The van der Waals surface area contributed by atoms with Crippen molar-refractivity contribution in [3.05, 3.63) is 30.6 Å². The Kier molecular flexibility index (Phi) is 4.10. The van der Waals surface area contributed by atoms with Gasteiger partial charge in [0.2, 0.25) is 5.95 Å². The van der Waals surface area contributed by atoms with Gasteiger partial charge in [0.15, 0.2) is 17.0 Å². The van der Waals surface area contributed by atoms with E-state index in [1.165, 1.54) is 0 Å². The molecule has 1 aromatic carbocycles. The standard InChI is InChI=1S/C17H20N6O2/c1-2-24-12-7-5-11(6-8-12)20-15-14-16(22-17(18)21-15)23(10-19-14)13-4-3-9-25-13/h5-8,10,13H,2-4,9H2,1H3,(H3,18,20,21,22). The molecule has 0 bridgehead atoms. The van der Waals surface area contributed by atoms with Crippen LogP contribution in [0, 0.1) is 0 Å². The third-order valence-corrected chi connectivity index (χ3v) is 4.08. The molecule has 0 aliphatic carbocycles. The molecule has 1 saturated heterocycles. The second kappa shape index (κ2) is 6.56. The van der Waals surface area contributed by atoms with Crippen LogP contribution in [0.25, 0.3) is 11.2 Å². The lowest BCUT2D eigenvalue weighted by Crippen LogP contribution is -2.08. The van der Waals surface area contributed by atoms with Gasteiger partial charge in [-0.15, -0.1) is 0 Å². The van der Waals surface area contributed by atoms with E-state index in [9.17, 15) is 0 Å². The van der Waals surface area contributed by atoms with Gasteiger partial charge in [0.25, 0.3) is 0 Å². The minimum atomic E-state index is -0.0439. The first kappa shape index (κ1) is 15.6. The Morgan fingerprint density at radius 1 is 1.32 bits per heavy atom. The molecule has 1 unspecified atom stereocenters. The topological polar surface area (TPSA) is 100 Å². The van der Waals surface area contributed by atoms with E-state index in [0.717, 1.165) is 30.9 Å². The number of nitrogens with zero attached hydrogens (tertiary/aromatic N) is 4. The zero-order valence-electron chi connectivity index (χ0n) is 14.0. The predicted molar refractivity (Wildman–Crippen MR) is 94.9 cm³/mol. The molecule has 8 heteroatoms. The first-order chi connectivity index (χ1) is 12.2. The molecule has 8 nitrogen and oxygen atoms in total. The van der Waals surface area contributed by atoms with Gasteiger partial charge in [-0.3, -0.25) is 4.57 Å². The number of rotatable bonds is 5. The Balaban J connectivity index is 1.67. The number of hydrogen-bond acceptors (Lipinski definition) is 7. The van der Waals surface area contributed by atoms with Gasteiger partial charge in [0.1, 0.15) is 12.0 Å². The fourth-order valence-corrected chi connectivity index (χ4v) is 2.95. The molecule has 1 aliphatic rings. The minimum absolute atomic E-state index is 0.0439. The Labute approximate surface area is 145 Å². The number of nitrogen functional groups attached to an aromatic ring is 1. The lowest BCUT2D eigenvalue weighted by atomic mass is 10.3. The van der Waals surface area contributed by atoms with E-state index in [1.54, 1.807) is 6.33 Å². The lowest BCUT2D eigenvalue weighted by Gasteiger charge is -2.12. The minimum Gasteiger partial charge on any atom is -0.494 e. The Morgan fingerprint density at radius 3 is 2.88 bits per heavy atom. The molecule has 2 aromatic heterocycles. The zero-order chi connectivity index (χ0) is 17.2.